The molecule has 2 heterocycles. The summed E-state index contributed by atoms with van der Waals surface area (Å²) in [5, 5.41) is 6.07. The van der Waals surface area contributed by atoms with Crippen LogP contribution in [-0.2, 0) is 27.2 Å². The summed E-state index contributed by atoms with van der Waals surface area (Å²) in [5.41, 5.74) is 8.61. The van der Waals surface area contributed by atoms with E-state index in [2.05, 4.69) is 20.6 Å². The van der Waals surface area contributed by atoms with Crippen molar-refractivity contribution in [1.82, 2.24) is 25.5 Å². The number of benzene rings is 2. The Kier molecular flexibility index (Phi) is 8.94. The van der Waals surface area contributed by atoms with E-state index in [1.54, 1.807) is 31.9 Å². The molecule has 10 heteroatoms. The maximum absolute atomic E-state index is 14.5. The zero-order chi connectivity index (χ0) is 30.6. The molecule has 0 radical (unpaired) electrons. The molecule has 1 saturated heterocycles. The van der Waals surface area contributed by atoms with E-state index in [-0.39, 0.29) is 23.8 Å². The normalized spacial score (nSPS) is 18.9. The van der Waals surface area contributed by atoms with Crippen molar-refractivity contribution in [3.8, 4) is 0 Å². The summed E-state index contributed by atoms with van der Waals surface area (Å²) in [6, 6.07) is 17.5. The lowest BCUT2D eigenvalue weighted by Crippen LogP contribution is -2.57. The van der Waals surface area contributed by atoms with Crippen LogP contribution in [0.4, 0.5) is 10.7 Å². The van der Waals surface area contributed by atoms with Crippen molar-refractivity contribution in [2.75, 3.05) is 12.3 Å². The average molecular weight is 585 g/mol. The number of hydrogen-bond acceptors (Lipinski definition) is 7. The Bertz CT molecular complexity index is 1400. The summed E-state index contributed by atoms with van der Waals surface area (Å²) in [6.07, 6.45) is 4.29. The van der Waals surface area contributed by atoms with Crippen LogP contribution in [0.2, 0.25) is 0 Å². The number of anilines is 1. The van der Waals surface area contributed by atoms with Gasteiger partial charge in [-0.15, -0.1) is 0 Å². The minimum atomic E-state index is -1.00. The lowest BCUT2D eigenvalue weighted by molar-refractivity contribution is -0.140. The van der Waals surface area contributed by atoms with Gasteiger partial charge in [0.1, 0.15) is 17.7 Å². The third-order valence-corrected chi connectivity index (χ3v) is 7.94. The van der Waals surface area contributed by atoms with Gasteiger partial charge in [-0.2, -0.15) is 0 Å². The number of rotatable bonds is 7. The zero-order valence-electron chi connectivity index (χ0n) is 25.0. The number of nitrogens with two attached hydrogens (primary N) is 1. The lowest BCUT2D eigenvalue weighted by Gasteiger charge is -2.34. The molecule has 4 N–H and O–H groups in total. The van der Waals surface area contributed by atoms with Crippen molar-refractivity contribution in [3.63, 3.8) is 0 Å². The first-order valence-corrected chi connectivity index (χ1v) is 14.9. The molecule has 1 fully saturated rings. The smallest absolute Gasteiger partial charge is 0.408 e. The lowest BCUT2D eigenvalue weighted by atomic mass is 9.84. The topological polar surface area (TPSA) is 140 Å². The molecule has 1 aliphatic carbocycles. The summed E-state index contributed by atoms with van der Waals surface area (Å²) in [7, 11) is 0. The fourth-order valence-electron chi connectivity index (χ4n) is 6.05. The molecule has 0 saturated carbocycles. The number of fused-ring (bicyclic) bond motifs is 1. The van der Waals surface area contributed by atoms with E-state index in [4.69, 9.17) is 10.5 Å². The number of carbonyl (C=O) groups is 3. The van der Waals surface area contributed by atoms with Crippen LogP contribution in [0, 0.1) is 0 Å². The van der Waals surface area contributed by atoms with E-state index in [0.717, 1.165) is 28.8 Å². The van der Waals surface area contributed by atoms with Gasteiger partial charge >= 0.3 is 6.09 Å². The number of aryl methyl sites for hydroxylation is 1. The number of nitrogens with zero attached hydrogens (tertiary/aromatic N) is 3. The fourth-order valence-corrected chi connectivity index (χ4v) is 6.05. The summed E-state index contributed by atoms with van der Waals surface area (Å²) in [5.74, 6) is -0.768. The van der Waals surface area contributed by atoms with Gasteiger partial charge in [0.05, 0.1) is 0 Å². The van der Waals surface area contributed by atoms with Crippen molar-refractivity contribution < 1.29 is 19.1 Å². The second-order valence-electron chi connectivity index (χ2n) is 12.3. The third kappa shape index (κ3) is 7.31. The first-order chi connectivity index (χ1) is 20.6. The quantitative estimate of drug-likeness (QED) is 0.384. The minimum Gasteiger partial charge on any atom is -0.444 e. The van der Waals surface area contributed by atoms with Crippen molar-refractivity contribution in [2.45, 2.75) is 82.5 Å². The van der Waals surface area contributed by atoms with Crippen molar-refractivity contribution >= 4 is 23.9 Å². The van der Waals surface area contributed by atoms with Gasteiger partial charge in [0.15, 0.2) is 0 Å². The summed E-state index contributed by atoms with van der Waals surface area (Å²) < 4.78 is 5.60. The van der Waals surface area contributed by atoms with Crippen molar-refractivity contribution in [1.29, 1.82) is 0 Å². The third-order valence-electron chi connectivity index (χ3n) is 7.94. The number of carbonyl (C=O) groups excluding carboxylic acids is 3. The molecule has 3 unspecified atom stereocenters. The summed E-state index contributed by atoms with van der Waals surface area (Å²) >= 11 is 0. The SMILES string of the molecule is CC(C)(C)OC(=O)NC(C(=O)N1CCCC1C(=O)NC1CCc2nc(N)ncc2C1)C(c1ccccc1)c1ccccc1. The van der Waals surface area contributed by atoms with Crippen LogP contribution in [0.3, 0.4) is 0 Å². The van der Waals surface area contributed by atoms with E-state index < -0.39 is 29.7 Å². The molecule has 0 bridgehead atoms. The highest BCUT2D eigenvalue weighted by Gasteiger charge is 2.42. The van der Waals surface area contributed by atoms with Gasteiger partial charge in [0.2, 0.25) is 17.8 Å². The molecular weight excluding hydrogens is 544 g/mol. The predicted octanol–water partition coefficient (Wildman–Crippen LogP) is 3.75. The molecule has 226 valence electrons. The van der Waals surface area contributed by atoms with Crippen LogP contribution in [0.15, 0.2) is 66.9 Å². The minimum absolute atomic E-state index is 0.0955. The molecule has 43 heavy (non-hydrogen) atoms. The number of amides is 3. The summed E-state index contributed by atoms with van der Waals surface area (Å²) in [6.45, 7) is 5.75. The number of aromatic nitrogens is 2. The Morgan fingerprint density at radius 2 is 1.65 bits per heavy atom. The number of nitrogen functional groups attached to an aromatic ring is 1. The van der Waals surface area contributed by atoms with E-state index in [1.807, 2.05) is 60.7 Å². The molecule has 2 aromatic carbocycles. The molecule has 5 rings (SSSR count). The predicted molar refractivity (Wildman–Crippen MR) is 163 cm³/mol. The molecular formula is C33H40N6O4. The second kappa shape index (κ2) is 12.8. The largest absolute Gasteiger partial charge is 0.444 e. The molecule has 2 aliphatic rings. The van der Waals surface area contributed by atoms with Crippen LogP contribution >= 0.6 is 0 Å². The van der Waals surface area contributed by atoms with Gasteiger partial charge in [-0.1, -0.05) is 60.7 Å². The Morgan fingerprint density at radius 1 is 1.00 bits per heavy atom. The van der Waals surface area contributed by atoms with E-state index >= 15 is 0 Å². The van der Waals surface area contributed by atoms with Crippen molar-refractivity contribution in [3.05, 3.63) is 89.2 Å². The Hall–Kier alpha value is -4.47. The molecule has 10 nitrogen and oxygen atoms in total. The molecule has 1 aliphatic heterocycles. The fraction of sp³-hybridized carbons (Fsp3) is 0.424. The monoisotopic (exact) mass is 584 g/mol. The van der Waals surface area contributed by atoms with Gasteiger partial charge in [-0.05, 0) is 69.6 Å². The van der Waals surface area contributed by atoms with Crippen LogP contribution in [-0.4, -0.2) is 63.0 Å². The van der Waals surface area contributed by atoms with Crippen LogP contribution in [0.1, 0.15) is 68.3 Å². The Balaban J connectivity index is 1.40. The average Bonchev–Trinajstić information content (AvgIpc) is 3.47. The second-order valence-corrected chi connectivity index (χ2v) is 12.3. The maximum atomic E-state index is 14.5. The number of alkyl carbamates (subject to hydrolysis) is 1. The zero-order valence-corrected chi connectivity index (χ0v) is 25.0. The molecule has 3 atom stereocenters. The summed E-state index contributed by atoms with van der Waals surface area (Å²) in [4.78, 5) is 51.4. The van der Waals surface area contributed by atoms with Crippen LogP contribution < -0.4 is 16.4 Å². The number of ether oxygens (including phenoxy) is 1. The van der Waals surface area contributed by atoms with Gasteiger partial charge in [-0.25, -0.2) is 14.8 Å². The number of likely N-dealkylation sites (tertiary alicyclic amines) is 1. The Morgan fingerprint density at radius 3 is 2.28 bits per heavy atom. The van der Waals surface area contributed by atoms with Crippen LogP contribution in [0.5, 0.6) is 0 Å². The van der Waals surface area contributed by atoms with Crippen molar-refractivity contribution in [2.24, 2.45) is 0 Å². The molecule has 3 aromatic rings. The van der Waals surface area contributed by atoms with E-state index in [0.29, 0.717) is 32.2 Å². The highest BCUT2D eigenvalue weighted by molar-refractivity contribution is 5.93. The molecule has 0 spiro atoms. The van der Waals surface area contributed by atoms with E-state index in [1.165, 1.54) is 0 Å². The molecule has 1 aromatic heterocycles. The number of hydrogen-bond donors (Lipinski definition) is 3. The van der Waals surface area contributed by atoms with Gasteiger partial charge < -0.3 is 26.0 Å². The molecule has 3 amide bonds. The number of nitrogens with one attached hydrogen (secondary N) is 2. The highest BCUT2D eigenvalue weighted by Crippen LogP contribution is 2.31. The van der Waals surface area contributed by atoms with Gasteiger partial charge in [-0.3, -0.25) is 9.59 Å². The van der Waals surface area contributed by atoms with Crippen LogP contribution in [0.25, 0.3) is 0 Å². The maximum Gasteiger partial charge on any atom is 0.408 e. The highest BCUT2D eigenvalue weighted by atomic mass is 16.6. The Labute approximate surface area is 252 Å². The first kappa shape index (κ1) is 30.0. The standard InChI is InChI=1S/C33H40N6O4/c1-33(2,3)43-32(42)38-28(27(21-11-6-4-7-12-21)22-13-8-5-9-14-22)30(41)39-18-10-15-26(39)29(40)36-24-16-17-25-23(19-24)20-35-31(34)37-25/h4-9,11-14,20,24,26-28H,10,15-19H2,1-3H3,(H,36,40)(H,38,42)(H2,34,35,37). The first-order valence-electron chi connectivity index (χ1n) is 14.9. The van der Waals surface area contributed by atoms with Gasteiger partial charge in [0.25, 0.3) is 0 Å². The van der Waals surface area contributed by atoms with Gasteiger partial charge in [0, 0.05) is 30.4 Å². The van der Waals surface area contributed by atoms with E-state index in [9.17, 15) is 14.4 Å².